The van der Waals surface area contributed by atoms with Crippen LogP contribution in [0.2, 0.25) is 0 Å². The van der Waals surface area contributed by atoms with E-state index in [0.717, 1.165) is 25.9 Å². The average Bonchev–Trinajstić information content (AvgIpc) is 2.62. The molecule has 2 rings (SSSR count). The number of nitrogens with one attached hydrogen (secondary N) is 1. The topological polar surface area (TPSA) is 96.0 Å². The highest BCUT2D eigenvalue weighted by molar-refractivity contribution is 7.92. The van der Waals surface area contributed by atoms with Gasteiger partial charge in [0.1, 0.15) is 0 Å². The Bertz CT molecular complexity index is 743. The van der Waals surface area contributed by atoms with Crippen LogP contribution >= 0.6 is 0 Å². The summed E-state index contributed by atoms with van der Waals surface area (Å²) in [5, 5.41) is 2.82. The Kier molecular flexibility index (Phi) is 7.76. The van der Waals surface area contributed by atoms with Crippen LogP contribution in [-0.2, 0) is 19.6 Å². The lowest BCUT2D eigenvalue weighted by molar-refractivity contribution is -0.120. The smallest absolute Gasteiger partial charge is 0.232 e. The van der Waals surface area contributed by atoms with Gasteiger partial charge in [-0.25, -0.2) is 8.42 Å². The zero-order chi connectivity index (χ0) is 19.9. The molecule has 1 amide bonds. The van der Waals surface area contributed by atoms with Crippen LogP contribution < -0.4 is 9.62 Å². The van der Waals surface area contributed by atoms with Gasteiger partial charge in [-0.15, -0.1) is 0 Å². The molecule has 0 atom stereocenters. The fourth-order valence-electron chi connectivity index (χ4n) is 2.82. The quantitative estimate of drug-likeness (QED) is 0.610. The SMILES string of the molecule is CC(=O)c1ccc(N(CCC(=O)NCCN2CCOCC2)S(C)(=O)=O)cc1. The molecule has 1 aromatic carbocycles. The number of ether oxygens (including phenoxy) is 1. The molecule has 0 saturated carbocycles. The Balaban J connectivity index is 1.86. The van der Waals surface area contributed by atoms with Crippen molar-refractivity contribution in [3.05, 3.63) is 29.8 Å². The summed E-state index contributed by atoms with van der Waals surface area (Å²) >= 11 is 0. The molecule has 0 spiro atoms. The second kappa shape index (κ2) is 9.82. The number of morpholine rings is 1. The fraction of sp³-hybridized carbons (Fsp3) is 0.556. The second-order valence-corrected chi connectivity index (χ2v) is 8.40. The molecule has 0 radical (unpaired) electrons. The Morgan fingerprint density at radius 1 is 1.19 bits per heavy atom. The van der Waals surface area contributed by atoms with Crippen LogP contribution in [0.3, 0.4) is 0 Å². The molecule has 1 N–H and O–H groups in total. The number of carbonyl (C=O) groups excluding carboxylic acids is 2. The van der Waals surface area contributed by atoms with Gasteiger partial charge in [0, 0.05) is 44.7 Å². The van der Waals surface area contributed by atoms with Crippen molar-refractivity contribution in [3.63, 3.8) is 0 Å². The van der Waals surface area contributed by atoms with Crippen LogP contribution in [0, 0.1) is 0 Å². The maximum absolute atomic E-state index is 12.1. The lowest BCUT2D eigenvalue weighted by atomic mass is 10.1. The van der Waals surface area contributed by atoms with E-state index in [1.165, 1.54) is 11.2 Å². The molecule has 1 aliphatic heterocycles. The molecule has 0 bridgehead atoms. The fourth-order valence-corrected chi connectivity index (χ4v) is 3.75. The van der Waals surface area contributed by atoms with E-state index >= 15 is 0 Å². The summed E-state index contributed by atoms with van der Waals surface area (Å²) in [6.07, 6.45) is 1.16. The number of benzene rings is 1. The molecular formula is C18H27N3O5S. The van der Waals surface area contributed by atoms with E-state index in [1.54, 1.807) is 24.3 Å². The van der Waals surface area contributed by atoms with Gasteiger partial charge in [-0.3, -0.25) is 18.8 Å². The van der Waals surface area contributed by atoms with Crippen molar-refractivity contribution < 1.29 is 22.7 Å². The van der Waals surface area contributed by atoms with E-state index in [0.29, 0.717) is 31.0 Å². The van der Waals surface area contributed by atoms with Crippen molar-refractivity contribution in [2.24, 2.45) is 0 Å². The molecule has 27 heavy (non-hydrogen) atoms. The summed E-state index contributed by atoms with van der Waals surface area (Å²) in [5.74, 6) is -0.288. The second-order valence-electron chi connectivity index (χ2n) is 6.49. The van der Waals surface area contributed by atoms with Gasteiger partial charge in [0.15, 0.2) is 5.78 Å². The van der Waals surface area contributed by atoms with Gasteiger partial charge in [-0.1, -0.05) is 0 Å². The first-order valence-corrected chi connectivity index (χ1v) is 10.8. The molecule has 1 aromatic rings. The molecular weight excluding hydrogens is 370 g/mol. The Morgan fingerprint density at radius 3 is 2.37 bits per heavy atom. The minimum Gasteiger partial charge on any atom is -0.379 e. The number of Topliss-reactive ketones (excluding diaryl/α,β-unsaturated/α-hetero) is 1. The molecule has 150 valence electrons. The zero-order valence-corrected chi connectivity index (χ0v) is 16.6. The van der Waals surface area contributed by atoms with Crippen molar-refractivity contribution in [3.8, 4) is 0 Å². The number of anilines is 1. The van der Waals surface area contributed by atoms with Crippen LogP contribution in [-0.4, -0.2) is 77.2 Å². The van der Waals surface area contributed by atoms with Gasteiger partial charge in [-0.2, -0.15) is 0 Å². The first-order chi connectivity index (χ1) is 12.8. The predicted molar refractivity (Wildman–Crippen MR) is 104 cm³/mol. The molecule has 0 aromatic heterocycles. The van der Waals surface area contributed by atoms with Gasteiger partial charge in [0.2, 0.25) is 15.9 Å². The summed E-state index contributed by atoms with van der Waals surface area (Å²) in [7, 11) is -3.54. The van der Waals surface area contributed by atoms with Gasteiger partial charge in [0.05, 0.1) is 25.2 Å². The number of nitrogens with zero attached hydrogens (tertiary/aromatic N) is 2. The van der Waals surface area contributed by atoms with E-state index in [9.17, 15) is 18.0 Å². The Labute approximate surface area is 160 Å². The van der Waals surface area contributed by atoms with Gasteiger partial charge < -0.3 is 10.1 Å². The zero-order valence-electron chi connectivity index (χ0n) is 15.8. The third-order valence-corrected chi connectivity index (χ3v) is 5.55. The molecule has 1 fully saturated rings. The van der Waals surface area contributed by atoms with Gasteiger partial charge in [0.25, 0.3) is 0 Å². The summed E-state index contributed by atoms with van der Waals surface area (Å²) in [6, 6.07) is 6.32. The minimum absolute atomic E-state index is 0.0433. The number of sulfonamides is 1. The standard InChI is InChI=1S/C18H27N3O5S/c1-15(22)16-3-5-17(6-4-16)21(27(2,24)25)9-7-18(23)19-8-10-20-11-13-26-14-12-20/h3-6H,7-14H2,1-2H3,(H,19,23). The molecule has 0 unspecified atom stereocenters. The van der Waals surface area contributed by atoms with Crippen molar-refractivity contribution >= 4 is 27.4 Å². The number of amides is 1. The van der Waals surface area contributed by atoms with E-state index < -0.39 is 10.0 Å². The Hall–Kier alpha value is -1.97. The molecule has 1 aliphatic rings. The van der Waals surface area contributed by atoms with Gasteiger partial charge >= 0.3 is 0 Å². The van der Waals surface area contributed by atoms with Crippen LogP contribution in [0.5, 0.6) is 0 Å². The minimum atomic E-state index is -3.54. The van der Waals surface area contributed by atoms with Gasteiger partial charge in [-0.05, 0) is 31.2 Å². The summed E-state index contributed by atoms with van der Waals surface area (Å²) < 4.78 is 30.6. The number of hydrogen-bond donors (Lipinski definition) is 1. The summed E-state index contributed by atoms with van der Waals surface area (Å²) in [4.78, 5) is 25.6. The van der Waals surface area contributed by atoms with Crippen molar-refractivity contribution in [2.45, 2.75) is 13.3 Å². The number of carbonyl (C=O) groups is 2. The number of ketones is 1. The maximum Gasteiger partial charge on any atom is 0.232 e. The lowest BCUT2D eigenvalue weighted by Gasteiger charge is -2.26. The highest BCUT2D eigenvalue weighted by Gasteiger charge is 2.19. The first-order valence-electron chi connectivity index (χ1n) is 8.93. The van der Waals surface area contributed by atoms with Crippen molar-refractivity contribution in [2.75, 3.05) is 56.5 Å². The molecule has 9 heteroatoms. The summed E-state index contributed by atoms with van der Waals surface area (Å²) in [6.45, 7) is 5.88. The normalized spacial score (nSPS) is 15.3. The third-order valence-electron chi connectivity index (χ3n) is 4.36. The molecule has 8 nitrogen and oxygen atoms in total. The monoisotopic (exact) mass is 397 g/mol. The third kappa shape index (κ3) is 6.93. The summed E-state index contributed by atoms with van der Waals surface area (Å²) in [5.41, 5.74) is 0.941. The Morgan fingerprint density at radius 2 is 1.81 bits per heavy atom. The number of hydrogen-bond acceptors (Lipinski definition) is 6. The predicted octanol–water partition coefficient (Wildman–Crippen LogP) is 0.494. The lowest BCUT2D eigenvalue weighted by Crippen LogP contribution is -2.42. The van der Waals surface area contributed by atoms with E-state index in [4.69, 9.17) is 4.74 Å². The molecule has 0 aliphatic carbocycles. The van der Waals surface area contributed by atoms with E-state index in [2.05, 4.69) is 10.2 Å². The molecule has 1 heterocycles. The van der Waals surface area contributed by atoms with Crippen LogP contribution in [0.1, 0.15) is 23.7 Å². The van der Waals surface area contributed by atoms with Crippen LogP contribution in [0.15, 0.2) is 24.3 Å². The average molecular weight is 397 g/mol. The van der Waals surface area contributed by atoms with Crippen molar-refractivity contribution in [1.29, 1.82) is 0 Å². The van der Waals surface area contributed by atoms with E-state index in [1.807, 2.05) is 0 Å². The van der Waals surface area contributed by atoms with Crippen LogP contribution in [0.25, 0.3) is 0 Å². The number of rotatable bonds is 9. The van der Waals surface area contributed by atoms with Crippen molar-refractivity contribution in [1.82, 2.24) is 10.2 Å². The first kappa shape index (κ1) is 21.3. The highest BCUT2D eigenvalue weighted by Crippen LogP contribution is 2.19. The van der Waals surface area contributed by atoms with E-state index in [-0.39, 0.29) is 24.7 Å². The molecule has 1 saturated heterocycles. The van der Waals surface area contributed by atoms with Crippen LogP contribution in [0.4, 0.5) is 5.69 Å². The largest absolute Gasteiger partial charge is 0.379 e. The highest BCUT2D eigenvalue weighted by atomic mass is 32.2. The maximum atomic E-state index is 12.1.